The van der Waals surface area contributed by atoms with E-state index >= 15 is 0 Å². The molecule has 0 bridgehead atoms. The highest BCUT2D eigenvalue weighted by atomic mass is 16.6. The van der Waals surface area contributed by atoms with Crippen LogP contribution in [0.4, 0.5) is 0 Å². The van der Waals surface area contributed by atoms with Gasteiger partial charge in [-0.3, -0.25) is 0 Å². The Morgan fingerprint density at radius 1 is 1.42 bits per heavy atom. The van der Waals surface area contributed by atoms with E-state index in [1.807, 2.05) is 6.07 Å². The van der Waals surface area contributed by atoms with Crippen molar-refractivity contribution in [1.82, 2.24) is 0 Å². The molecule has 1 N–H and O–H groups in total. The Labute approximate surface area is 113 Å². The molecule has 1 fully saturated rings. The van der Waals surface area contributed by atoms with E-state index in [0.29, 0.717) is 6.42 Å². The standard InChI is InChI=1S/C15H20O4/c1-18-15(17)14(19-13-7-2-3-8-13)10-11-5-4-6-12(16)9-11/h4-6,9,13-14,16H,2-3,7-8,10H2,1H3. The van der Waals surface area contributed by atoms with Crippen molar-refractivity contribution in [3.63, 3.8) is 0 Å². The van der Waals surface area contributed by atoms with E-state index in [4.69, 9.17) is 9.47 Å². The molecule has 1 atom stereocenters. The molecule has 0 saturated heterocycles. The Balaban J connectivity index is 2.02. The molecule has 19 heavy (non-hydrogen) atoms. The number of hydrogen-bond donors (Lipinski definition) is 1. The first-order valence-corrected chi connectivity index (χ1v) is 6.70. The average Bonchev–Trinajstić information content (AvgIpc) is 2.90. The molecule has 0 heterocycles. The van der Waals surface area contributed by atoms with Gasteiger partial charge >= 0.3 is 5.97 Å². The van der Waals surface area contributed by atoms with Crippen molar-refractivity contribution in [3.8, 4) is 5.75 Å². The zero-order valence-corrected chi connectivity index (χ0v) is 11.2. The summed E-state index contributed by atoms with van der Waals surface area (Å²) in [4.78, 5) is 11.8. The second kappa shape index (κ2) is 6.57. The Morgan fingerprint density at radius 2 is 2.16 bits per heavy atom. The number of phenolic OH excluding ortho intramolecular Hbond substituents is 1. The lowest BCUT2D eigenvalue weighted by Crippen LogP contribution is -2.31. The molecule has 4 heteroatoms. The van der Waals surface area contributed by atoms with Crippen LogP contribution in [-0.2, 0) is 20.7 Å². The third-order valence-corrected chi connectivity index (χ3v) is 3.45. The van der Waals surface area contributed by atoms with Crippen LogP contribution in [0.15, 0.2) is 24.3 Å². The third kappa shape index (κ3) is 3.96. The van der Waals surface area contributed by atoms with Crippen LogP contribution >= 0.6 is 0 Å². The maximum atomic E-state index is 11.8. The van der Waals surface area contributed by atoms with Gasteiger partial charge in [0.25, 0.3) is 0 Å². The van der Waals surface area contributed by atoms with Crippen LogP contribution < -0.4 is 0 Å². The Kier molecular flexibility index (Phi) is 4.80. The zero-order valence-electron chi connectivity index (χ0n) is 11.2. The molecule has 2 rings (SSSR count). The van der Waals surface area contributed by atoms with Gasteiger partial charge in [-0.1, -0.05) is 25.0 Å². The number of ether oxygens (including phenoxy) is 2. The topological polar surface area (TPSA) is 55.8 Å². The summed E-state index contributed by atoms with van der Waals surface area (Å²) in [5, 5.41) is 9.45. The van der Waals surface area contributed by atoms with Gasteiger partial charge in [-0.05, 0) is 30.5 Å². The Morgan fingerprint density at radius 3 is 2.79 bits per heavy atom. The van der Waals surface area contributed by atoms with E-state index in [1.165, 1.54) is 7.11 Å². The molecule has 1 saturated carbocycles. The first kappa shape index (κ1) is 13.9. The van der Waals surface area contributed by atoms with Crippen LogP contribution in [0.2, 0.25) is 0 Å². The molecule has 0 amide bonds. The van der Waals surface area contributed by atoms with Crippen LogP contribution in [-0.4, -0.2) is 30.4 Å². The van der Waals surface area contributed by atoms with Crippen molar-refractivity contribution in [2.75, 3.05) is 7.11 Å². The first-order chi connectivity index (χ1) is 9.19. The van der Waals surface area contributed by atoms with Gasteiger partial charge in [0.1, 0.15) is 5.75 Å². The van der Waals surface area contributed by atoms with Gasteiger partial charge < -0.3 is 14.6 Å². The SMILES string of the molecule is COC(=O)C(Cc1cccc(O)c1)OC1CCCC1. The second-order valence-corrected chi connectivity index (χ2v) is 4.93. The summed E-state index contributed by atoms with van der Waals surface area (Å²) in [6, 6.07) is 6.88. The second-order valence-electron chi connectivity index (χ2n) is 4.93. The molecule has 104 valence electrons. The van der Waals surface area contributed by atoms with Crippen molar-refractivity contribution < 1.29 is 19.4 Å². The van der Waals surface area contributed by atoms with Gasteiger partial charge in [0.15, 0.2) is 6.10 Å². The summed E-state index contributed by atoms with van der Waals surface area (Å²) in [5.41, 5.74) is 0.869. The van der Waals surface area contributed by atoms with Gasteiger partial charge in [0.05, 0.1) is 13.2 Å². The van der Waals surface area contributed by atoms with E-state index in [1.54, 1.807) is 18.2 Å². The number of aromatic hydroxyl groups is 1. The largest absolute Gasteiger partial charge is 0.508 e. The quantitative estimate of drug-likeness (QED) is 0.830. The van der Waals surface area contributed by atoms with Crippen LogP contribution in [0.3, 0.4) is 0 Å². The minimum atomic E-state index is -0.588. The summed E-state index contributed by atoms with van der Waals surface area (Å²) in [6.07, 6.45) is 4.32. The summed E-state index contributed by atoms with van der Waals surface area (Å²) >= 11 is 0. The number of carbonyl (C=O) groups excluding carboxylic acids is 1. The molecule has 0 aromatic heterocycles. The Bertz CT molecular complexity index is 424. The van der Waals surface area contributed by atoms with Crippen molar-refractivity contribution in [3.05, 3.63) is 29.8 Å². The van der Waals surface area contributed by atoms with Crippen molar-refractivity contribution in [2.24, 2.45) is 0 Å². The average molecular weight is 264 g/mol. The lowest BCUT2D eigenvalue weighted by atomic mass is 10.1. The lowest BCUT2D eigenvalue weighted by Gasteiger charge is -2.20. The molecule has 1 aliphatic carbocycles. The summed E-state index contributed by atoms with van der Waals surface area (Å²) in [6.45, 7) is 0. The molecule has 1 unspecified atom stereocenters. The van der Waals surface area contributed by atoms with Crippen molar-refractivity contribution >= 4 is 5.97 Å². The molecule has 0 aliphatic heterocycles. The maximum Gasteiger partial charge on any atom is 0.335 e. The van der Waals surface area contributed by atoms with E-state index in [-0.39, 0.29) is 17.8 Å². The minimum Gasteiger partial charge on any atom is -0.508 e. The van der Waals surface area contributed by atoms with Crippen LogP contribution in [0.1, 0.15) is 31.2 Å². The molecule has 1 aromatic rings. The number of methoxy groups -OCH3 is 1. The number of carbonyl (C=O) groups is 1. The molecule has 0 spiro atoms. The summed E-state index contributed by atoms with van der Waals surface area (Å²) < 4.78 is 10.7. The van der Waals surface area contributed by atoms with E-state index < -0.39 is 6.10 Å². The van der Waals surface area contributed by atoms with Gasteiger partial charge in [-0.25, -0.2) is 4.79 Å². The normalized spacial score (nSPS) is 17.3. The van der Waals surface area contributed by atoms with E-state index in [9.17, 15) is 9.90 Å². The molecular weight excluding hydrogens is 244 g/mol. The van der Waals surface area contributed by atoms with Crippen LogP contribution in [0, 0.1) is 0 Å². The highest BCUT2D eigenvalue weighted by Crippen LogP contribution is 2.24. The monoisotopic (exact) mass is 264 g/mol. The van der Waals surface area contributed by atoms with Gasteiger partial charge in [0.2, 0.25) is 0 Å². The third-order valence-electron chi connectivity index (χ3n) is 3.45. The zero-order chi connectivity index (χ0) is 13.7. The highest BCUT2D eigenvalue weighted by Gasteiger charge is 2.26. The van der Waals surface area contributed by atoms with Crippen LogP contribution in [0.25, 0.3) is 0 Å². The van der Waals surface area contributed by atoms with E-state index in [2.05, 4.69) is 0 Å². The van der Waals surface area contributed by atoms with Gasteiger partial charge in [0, 0.05) is 6.42 Å². The number of phenols is 1. The number of rotatable bonds is 5. The maximum absolute atomic E-state index is 11.8. The smallest absolute Gasteiger partial charge is 0.335 e. The highest BCUT2D eigenvalue weighted by molar-refractivity contribution is 5.75. The van der Waals surface area contributed by atoms with E-state index in [0.717, 1.165) is 31.2 Å². The van der Waals surface area contributed by atoms with Crippen molar-refractivity contribution in [2.45, 2.75) is 44.3 Å². The lowest BCUT2D eigenvalue weighted by molar-refractivity contribution is -0.157. The summed E-state index contributed by atoms with van der Waals surface area (Å²) in [7, 11) is 1.37. The number of benzene rings is 1. The Hall–Kier alpha value is -1.55. The van der Waals surface area contributed by atoms with Gasteiger partial charge in [-0.15, -0.1) is 0 Å². The fourth-order valence-corrected chi connectivity index (χ4v) is 2.47. The molecule has 0 radical (unpaired) electrons. The molecule has 1 aliphatic rings. The van der Waals surface area contributed by atoms with Crippen LogP contribution in [0.5, 0.6) is 5.75 Å². The number of esters is 1. The molecular formula is C15H20O4. The first-order valence-electron chi connectivity index (χ1n) is 6.70. The van der Waals surface area contributed by atoms with Crippen molar-refractivity contribution in [1.29, 1.82) is 0 Å². The summed E-state index contributed by atoms with van der Waals surface area (Å²) in [5.74, 6) is -0.155. The predicted octanol–water partition coefficient (Wildman–Crippen LogP) is 2.44. The molecule has 1 aromatic carbocycles. The number of hydrogen-bond acceptors (Lipinski definition) is 4. The minimum absolute atomic E-state index is 0.154. The fourth-order valence-electron chi connectivity index (χ4n) is 2.47. The fraction of sp³-hybridized carbons (Fsp3) is 0.533. The molecule has 4 nitrogen and oxygen atoms in total. The predicted molar refractivity (Wildman–Crippen MR) is 71.0 cm³/mol. The van der Waals surface area contributed by atoms with Gasteiger partial charge in [-0.2, -0.15) is 0 Å².